The van der Waals surface area contributed by atoms with E-state index < -0.39 is 0 Å². The molecule has 0 unspecified atom stereocenters. The molecule has 2 fully saturated rings. The first-order valence-corrected chi connectivity index (χ1v) is 11.8. The van der Waals surface area contributed by atoms with E-state index in [9.17, 15) is 4.79 Å². The summed E-state index contributed by atoms with van der Waals surface area (Å²) in [6.07, 6.45) is 26.1. The van der Waals surface area contributed by atoms with Gasteiger partial charge in [0.1, 0.15) is 5.78 Å². The van der Waals surface area contributed by atoms with Gasteiger partial charge in [-0.15, -0.1) is 0 Å². The lowest BCUT2D eigenvalue weighted by atomic mass is 9.77. The van der Waals surface area contributed by atoms with Gasteiger partial charge in [-0.3, -0.25) is 4.79 Å². The Morgan fingerprint density at radius 1 is 0.600 bits per heavy atom. The van der Waals surface area contributed by atoms with E-state index in [4.69, 9.17) is 0 Å². The molecule has 25 heavy (non-hydrogen) atoms. The normalized spacial score (nSPS) is 25.4. The smallest absolute Gasteiger partial charge is 0.132 e. The summed E-state index contributed by atoms with van der Waals surface area (Å²) in [6, 6.07) is 0. The highest BCUT2D eigenvalue weighted by Gasteiger charge is 2.21. The molecular weight excluding hydrogens is 304 g/mol. The topological polar surface area (TPSA) is 17.1 Å². The van der Waals surface area contributed by atoms with Crippen LogP contribution in [0.5, 0.6) is 0 Å². The first-order chi connectivity index (χ1) is 12.3. The Kier molecular flexibility index (Phi) is 10.9. The molecule has 0 aromatic rings. The Hall–Kier alpha value is -0.330. The average molecular weight is 349 g/mol. The zero-order chi connectivity index (χ0) is 17.7. The Bertz CT molecular complexity index is 330. The molecule has 0 spiro atoms. The standard InChI is InChI=1S/C24H44O/c1-2-3-4-5-6-7-10-21-13-15-22(16-14-21)11-8-9-12-23-17-19-24(25)20-18-23/h21-23H,2-20H2,1H3. The number of rotatable bonds is 12. The second-order valence-corrected chi connectivity index (χ2v) is 9.21. The molecule has 0 atom stereocenters. The van der Waals surface area contributed by atoms with Crippen LogP contribution in [0.2, 0.25) is 0 Å². The lowest BCUT2D eigenvalue weighted by molar-refractivity contribution is -0.121. The maximum atomic E-state index is 11.3. The minimum Gasteiger partial charge on any atom is -0.300 e. The van der Waals surface area contributed by atoms with Crippen molar-refractivity contribution in [3.8, 4) is 0 Å². The van der Waals surface area contributed by atoms with Crippen LogP contribution in [-0.2, 0) is 4.79 Å². The number of hydrogen-bond acceptors (Lipinski definition) is 1. The van der Waals surface area contributed by atoms with Gasteiger partial charge in [-0.05, 0) is 30.6 Å². The Balaban J connectivity index is 1.41. The van der Waals surface area contributed by atoms with Crippen molar-refractivity contribution in [2.75, 3.05) is 0 Å². The van der Waals surface area contributed by atoms with E-state index in [-0.39, 0.29) is 0 Å². The summed E-state index contributed by atoms with van der Waals surface area (Å²) in [6.45, 7) is 2.30. The molecule has 2 saturated carbocycles. The summed E-state index contributed by atoms with van der Waals surface area (Å²) in [5.41, 5.74) is 0. The highest BCUT2D eigenvalue weighted by Crippen LogP contribution is 2.35. The summed E-state index contributed by atoms with van der Waals surface area (Å²) < 4.78 is 0. The molecule has 0 N–H and O–H groups in total. The minimum absolute atomic E-state index is 0.508. The molecule has 0 aromatic heterocycles. The third-order valence-corrected chi connectivity index (χ3v) is 7.07. The van der Waals surface area contributed by atoms with Gasteiger partial charge in [-0.2, -0.15) is 0 Å². The first-order valence-electron chi connectivity index (χ1n) is 11.8. The van der Waals surface area contributed by atoms with E-state index in [1.807, 2.05) is 0 Å². The van der Waals surface area contributed by atoms with Crippen molar-refractivity contribution in [2.24, 2.45) is 17.8 Å². The van der Waals surface area contributed by atoms with Crippen molar-refractivity contribution in [3.05, 3.63) is 0 Å². The van der Waals surface area contributed by atoms with Gasteiger partial charge >= 0.3 is 0 Å². The highest BCUT2D eigenvalue weighted by molar-refractivity contribution is 5.78. The van der Waals surface area contributed by atoms with E-state index >= 15 is 0 Å². The van der Waals surface area contributed by atoms with Crippen molar-refractivity contribution < 1.29 is 4.79 Å². The number of carbonyl (C=O) groups excluding carboxylic acids is 1. The van der Waals surface area contributed by atoms with E-state index in [1.165, 1.54) is 109 Å². The third-order valence-electron chi connectivity index (χ3n) is 7.07. The summed E-state index contributed by atoms with van der Waals surface area (Å²) >= 11 is 0. The summed E-state index contributed by atoms with van der Waals surface area (Å²) in [5.74, 6) is 3.47. The molecule has 0 saturated heterocycles. The first kappa shape index (κ1) is 21.0. The molecular formula is C24H44O. The predicted molar refractivity (Wildman–Crippen MR) is 109 cm³/mol. The highest BCUT2D eigenvalue weighted by atomic mass is 16.1. The quantitative estimate of drug-likeness (QED) is 0.328. The van der Waals surface area contributed by atoms with Crippen LogP contribution in [0, 0.1) is 17.8 Å². The fraction of sp³-hybridized carbons (Fsp3) is 0.958. The number of Topliss-reactive ketones (excluding diaryl/α,β-unsaturated/α-hetero) is 1. The van der Waals surface area contributed by atoms with Crippen LogP contribution in [0.1, 0.15) is 129 Å². The largest absolute Gasteiger partial charge is 0.300 e. The van der Waals surface area contributed by atoms with Crippen LogP contribution in [0.4, 0.5) is 0 Å². The van der Waals surface area contributed by atoms with Gasteiger partial charge in [0, 0.05) is 12.8 Å². The van der Waals surface area contributed by atoms with Gasteiger partial charge in [0.25, 0.3) is 0 Å². The molecule has 0 amide bonds. The predicted octanol–water partition coefficient (Wildman–Crippen LogP) is 7.86. The second kappa shape index (κ2) is 12.9. The Labute approximate surface area is 157 Å². The van der Waals surface area contributed by atoms with E-state index in [0.717, 1.165) is 30.6 Å². The molecule has 2 aliphatic rings. The molecule has 0 aliphatic heterocycles. The molecule has 0 radical (unpaired) electrons. The fourth-order valence-corrected chi connectivity index (χ4v) is 5.18. The van der Waals surface area contributed by atoms with Crippen molar-refractivity contribution >= 4 is 5.78 Å². The molecule has 0 aromatic carbocycles. The van der Waals surface area contributed by atoms with E-state index in [1.54, 1.807) is 0 Å². The maximum Gasteiger partial charge on any atom is 0.132 e. The van der Waals surface area contributed by atoms with Gasteiger partial charge in [0.05, 0.1) is 0 Å². The Morgan fingerprint density at radius 3 is 1.52 bits per heavy atom. The van der Waals surface area contributed by atoms with E-state index in [2.05, 4.69) is 6.92 Å². The molecule has 1 heteroatoms. The SMILES string of the molecule is CCCCCCCCC1CCC(CCCCC2CCC(=O)CC2)CC1. The number of carbonyl (C=O) groups is 1. The van der Waals surface area contributed by atoms with Crippen LogP contribution in [0.25, 0.3) is 0 Å². The van der Waals surface area contributed by atoms with Crippen LogP contribution in [-0.4, -0.2) is 5.78 Å². The van der Waals surface area contributed by atoms with Gasteiger partial charge in [0.2, 0.25) is 0 Å². The van der Waals surface area contributed by atoms with Gasteiger partial charge in [0.15, 0.2) is 0 Å². The number of hydrogen-bond donors (Lipinski definition) is 0. The molecule has 146 valence electrons. The average Bonchev–Trinajstić information content (AvgIpc) is 2.64. The van der Waals surface area contributed by atoms with Gasteiger partial charge < -0.3 is 0 Å². The lowest BCUT2D eigenvalue weighted by Crippen LogP contribution is -2.15. The van der Waals surface area contributed by atoms with Crippen molar-refractivity contribution in [3.63, 3.8) is 0 Å². The number of ketones is 1. The third kappa shape index (κ3) is 9.25. The van der Waals surface area contributed by atoms with E-state index in [0.29, 0.717) is 5.78 Å². The van der Waals surface area contributed by atoms with Crippen molar-refractivity contribution in [2.45, 2.75) is 129 Å². The fourth-order valence-electron chi connectivity index (χ4n) is 5.18. The molecule has 1 nitrogen and oxygen atoms in total. The van der Waals surface area contributed by atoms with Crippen LogP contribution in [0.15, 0.2) is 0 Å². The second-order valence-electron chi connectivity index (χ2n) is 9.21. The molecule has 0 bridgehead atoms. The minimum atomic E-state index is 0.508. The summed E-state index contributed by atoms with van der Waals surface area (Å²) in [4.78, 5) is 11.3. The Morgan fingerprint density at radius 2 is 1.00 bits per heavy atom. The zero-order valence-corrected chi connectivity index (χ0v) is 17.1. The number of unbranched alkanes of at least 4 members (excludes halogenated alkanes) is 6. The monoisotopic (exact) mass is 348 g/mol. The van der Waals surface area contributed by atoms with Crippen molar-refractivity contribution in [1.82, 2.24) is 0 Å². The van der Waals surface area contributed by atoms with Crippen molar-refractivity contribution in [1.29, 1.82) is 0 Å². The maximum absolute atomic E-state index is 11.3. The molecule has 2 aliphatic carbocycles. The van der Waals surface area contributed by atoms with Gasteiger partial charge in [-0.25, -0.2) is 0 Å². The van der Waals surface area contributed by atoms with Crippen LogP contribution < -0.4 is 0 Å². The summed E-state index contributed by atoms with van der Waals surface area (Å²) in [7, 11) is 0. The lowest BCUT2D eigenvalue weighted by Gasteiger charge is -2.29. The van der Waals surface area contributed by atoms with Crippen LogP contribution >= 0.6 is 0 Å². The zero-order valence-electron chi connectivity index (χ0n) is 17.1. The molecule has 2 rings (SSSR count). The van der Waals surface area contributed by atoms with Crippen LogP contribution in [0.3, 0.4) is 0 Å². The van der Waals surface area contributed by atoms with Gasteiger partial charge in [-0.1, -0.05) is 103 Å². The molecule has 0 heterocycles. The summed E-state index contributed by atoms with van der Waals surface area (Å²) in [5, 5.41) is 0.